The summed E-state index contributed by atoms with van der Waals surface area (Å²) in [5, 5.41) is 5.85. The lowest BCUT2D eigenvalue weighted by atomic mass is 9.86. The standard InChI is InChI=1S/C23H27FN4O2/c1-13-19(22(29)25-10-5-11-28(2)3)15-6-4-7-16(21(15)26-13)20-17-12-14(24)8-9-18(17)27-23(20)30/h8-9,12,26H,4-7,10-11H2,1-3H3,(H,25,29)(H,27,30). The fourth-order valence-corrected chi connectivity index (χ4v) is 4.43. The summed E-state index contributed by atoms with van der Waals surface area (Å²) in [6.45, 7) is 3.41. The molecular formula is C23H27FN4O2. The van der Waals surface area contributed by atoms with Crippen molar-refractivity contribution in [2.75, 3.05) is 32.5 Å². The van der Waals surface area contributed by atoms with Gasteiger partial charge in [-0.1, -0.05) is 0 Å². The van der Waals surface area contributed by atoms with Crippen molar-refractivity contribution in [2.24, 2.45) is 0 Å². The molecule has 0 saturated heterocycles. The molecular weight excluding hydrogens is 383 g/mol. The largest absolute Gasteiger partial charge is 0.358 e. The molecule has 1 aromatic heterocycles. The number of fused-ring (bicyclic) bond motifs is 2. The molecule has 2 aromatic rings. The van der Waals surface area contributed by atoms with Crippen LogP contribution in [0.25, 0.3) is 11.1 Å². The maximum absolute atomic E-state index is 13.9. The van der Waals surface area contributed by atoms with Gasteiger partial charge in [0, 0.05) is 29.2 Å². The molecule has 7 heteroatoms. The monoisotopic (exact) mass is 410 g/mol. The van der Waals surface area contributed by atoms with Crippen LogP contribution >= 0.6 is 0 Å². The molecule has 2 aliphatic rings. The Morgan fingerprint density at radius 2 is 2.07 bits per heavy atom. The molecule has 1 aromatic carbocycles. The van der Waals surface area contributed by atoms with E-state index in [1.54, 1.807) is 6.07 Å². The van der Waals surface area contributed by atoms with Gasteiger partial charge in [-0.15, -0.1) is 0 Å². The minimum atomic E-state index is -0.375. The van der Waals surface area contributed by atoms with Crippen molar-refractivity contribution in [1.29, 1.82) is 0 Å². The smallest absolute Gasteiger partial charge is 0.256 e. The number of anilines is 1. The van der Waals surface area contributed by atoms with E-state index in [0.717, 1.165) is 48.3 Å². The number of nitrogens with one attached hydrogen (secondary N) is 3. The van der Waals surface area contributed by atoms with Crippen molar-refractivity contribution >= 4 is 28.6 Å². The molecule has 0 fully saturated rings. The van der Waals surface area contributed by atoms with E-state index in [-0.39, 0.29) is 17.6 Å². The maximum atomic E-state index is 13.9. The number of nitrogens with zero attached hydrogens (tertiary/aromatic N) is 1. The highest BCUT2D eigenvalue weighted by molar-refractivity contribution is 6.36. The fourth-order valence-electron chi connectivity index (χ4n) is 4.43. The molecule has 1 aliphatic carbocycles. The predicted octanol–water partition coefficient (Wildman–Crippen LogP) is 3.34. The zero-order valence-corrected chi connectivity index (χ0v) is 17.6. The third-order valence-corrected chi connectivity index (χ3v) is 5.77. The number of amides is 2. The number of rotatable bonds is 5. The molecule has 3 N–H and O–H groups in total. The van der Waals surface area contributed by atoms with E-state index in [1.165, 1.54) is 12.1 Å². The Morgan fingerprint density at radius 1 is 1.27 bits per heavy atom. The topological polar surface area (TPSA) is 77.2 Å². The van der Waals surface area contributed by atoms with Gasteiger partial charge in [-0.25, -0.2) is 4.39 Å². The van der Waals surface area contributed by atoms with Gasteiger partial charge in [0.15, 0.2) is 0 Å². The Morgan fingerprint density at radius 3 is 2.83 bits per heavy atom. The second-order valence-corrected chi connectivity index (χ2v) is 8.24. The zero-order chi connectivity index (χ0) is 21.4. The van der Waals surface area contributed by atoms with E-state index in [2.05, 4.69) is 20.5 Å². The van der Waals surface area contributed by atoms with E-state index in [4.69, 9.17) is 0 Å². The highest BCUT2D eigenvalue weighted by Gasteiger charge is 2.33. The van der Waals surface area contributed by atoms with Gasteiger partial charge >= 0.3 is 0 Å². The third kappa shape index (κ3) is 3.65. The van der Waals surface area contributed by atoms with E-state index in [0.29, 0.717) is 35.4 Å². The normalized spacial score (nSPS) is 17.7. The molecule has 4 rings (SSSR count). The summed E-state index contributed by atoms with van der Waals surface area (Å²) in [4.78, 5) is 31.0. The molecule has 0 unspecified atom stereocenters. The number of hydrogen-bond donors (Lipinski definition) is 3. The van der Waals surface area contributed by atoms with Crippen LogP contribution in [0.1, 0.15) is 52.1 Å². The van der Waals surface area contributed by atoms with Gasteiger partial charge in [0.2, 0.25) is 0 Å². The number of carbonyl (C=O) groups excluding carboxylic acids is 2. The van der Waals surface area contributed by atoms with Crippen LogP contribution in [0.3, 0.4) is 0 Å². The summed E-state index contributed by atoms with van der Waals surface area (Å²) in [6.07, 6.45) is 3.19. The Hall–Kier alpha value is -2.93. The molecule has 2 amide bonds. The summed E-state index contributed by atoms with van der Waals surface area (Å²) < 4.78 is 13.9. The average molecular weight is 410 g/mol. The summed E-state index contributed by atoms with van der Waals surface area (Å²) in [5.74, 6) is -0.683. The van der Waals surface area contributed by atoms with Crippen LogP contribution < -0.4 is 10.6 Å². The Bertz CT molecular complexity index is 1050. The van der Waals surface area contributed by atoms with Gasteiger partial charge < -0.3 is 20.5 Å². The molecule has 6 nitrogen and oxygen atoms in total. The lowest BCUT2D eigenvalue weighted by molar-refractivity contribution is -0.110. The van der Waals surface area contributed by atoms with Gasteiger partial charge in [0.25, 0.3) is 11.8 Å². The van der Waals surface area contributed by atoms with Gasteiger partial charge in [0.1, 0.15) is 5.82 Å². The van der Waals surface area contributed by atoms with Crippen LogP contribution in [0.5, 0.6) is 0 Å². The number of carbonyl (C=O) groups is 2. The van der Waals surface area contributed by atoms with Crippen molar-refractivity contribution in [3.8, 4) is 0 Å². The maximum Gasteiger partial charge on any atom is 0.256 e. The molecule has 0 bridgehead atoms. The van der Waals surface area contributed by atoms with Crippen molar-refractivity contribution in [1.82, 2.24) is 15.2 Å². The average Bonchev–Trinajstić information content (AvgIpc) is 3.20. The first-order valence-electron chi connectivity index (χ1n) is 10.4. The minimum absolute atomic E-state index is 0.0858. The number of benzene rings is 1. The van der Waals surface area contributed by atoms with Gasteiger partial charge in [-0.3, -0.25) is 9.59 Å². The lowest BCUT2D eigenvalue weighted by Gasteiger charge is -2.18. The van der Waals surface area contributed by atoms with E-state index < -0.39 is 0 Å². The molecule has 0 spiro atoms. The van der Waals surface area contributed by atoms with Crippen molar-refractivity contribution in [2.45, 2.75) is 32.6 Å². The van der Waals surface area contributed by atoms with Gasteiger partial charge in [0.05, 0.1) is 11.1 Å². The number of halogens is 1. The number of H-pyrrole nitrogens is 1. The second kappa shape index (κ2) is 8.07. The number of aromatic nitrogens is 1. The highest BCUT2D eigenvalue weighted by atomic mass is 19.1. The van der Waals surface area contributed by atoms with Crippen LogP contribution in [-0.4, -0.2) is 48.9 Å². The van der Waals surface area contributed by atoms with Crippen molar-refractivity contribution in [3.63, 3.8) is 0 Å². The zero-order valence-electron chi connectivity index (χ0n) is 17.6. The molecule has 0 atom stereocenters. The number of aromatic amines is 1. The number of aryl methyl sites for hydroxylation is 1. The molecule has 1 aliphatic heterocycles. The van der Waals surface area contributed by atoms with Crippen molar-refractivity contribution < 1.29 is 14.0 Å². The summed E-state index contributed by atoms with van der Waals surface area (Å²) in [5.41, 5.74) is 5.82. The van der Waals surface area contributed by atoms with E-state index in [1.807, 2.05) is 21.0 Å². The Kier molecular flexibility index (Phi) is 5.47. The first-order valence-corrected chi connectivity index (χ1v) is 10.4. The molecule has 30 heavy (non-hydrogen) atoms. The van der Waals surface area contributed by atoms with Gasteiger partial charge in [-0.2, -0.15) is 0 Å². The van der Waals surface area contributed by atoms with Crippen LogP contribution in [0.4, 0.5) is 10.1 Å². The quantitative estimate of drug-likeness (QED) is 0.523. The summed E-state index contributed by atoms with van der Waals surface area (Å²) >= 11 is 0. The van der Waals surface area contributed by atoms with Crippen molar-refractivity contribution in [3.05, 3.63) is 52.1 Å². The first-order chi connectivity index (χ1) is 14.4. The molecule has 2 heterocycles. The lowest BCUT2D eigenvalue weighted by Crippen LogP contribution is -2.28. The van der Waals surface area contributed by atoms with Crippen LogP contribution in [0.2, 0.25) is 0 Å². The molecule has 0 radical (unpaired) electrons. The fraction of sp³-hybridized carbons (Fsp3) is 0.391. The second-order valence-electron chi connectivity index (χ2n) is 8.24. The number of allylic oxidation sites excluding steroid dienone is 1. The minimum Gasteiger partial charge on any atom is -0.358 e. The van der Waals surface area contributed by atoms with Gasteiger partial charge in [-0.05, 0) is 82.6 Å². The molecule has 158 valence electrons. The first kappa shape index (κ1) is 20.3. The number of hydrogen-bond acceptors (Lipinski definition) is 3. The Labute approximate surface area is 175 Å². The predicted molar refractivity (Wildman–Crippen MR) is 116 cm³/mol. The SMILES string of the molecule is Cc1[nH]c2c(c1C(=O)NCCCN(C)C)CCCC2=C1C(=O)Nc2ccc(F)cc21. The van der Waals surface area contributed by atoms with Crippen LogP contribution in [0.15, 0.2) is 18.2 Å². The van der Waals surface area contributed by atoms with E-state index >= 15 is 0 Å². The van der Waals surface area contributed by atoms with E-state index in [9.17, 15) is 14.0 Å². The summed E-state index contributed by atoms with van der Waals surface area (Å²) in [6, 6.07) is 4.33. The summed E-state index contributed by atoms with van der Waals surface area (Å²) in [7, 11) is 4.01. The van der Waals surface area contributed by atoms with Crippen LogP contribution in [-0.2, 0) is 11.2 Å². The third-order valence-electron chi connectivity index (χ3n) is 5.77. The Balaban J connectivity index is 1.69. The molecule has 0 saturated carbocycles. The highest BCUT2D eigenvalue weighted by Crippen LogP contribution is 2.43. The van der Waals surface area contributed by atoms with Crippen LogP contribution in [0, 0.1) is 12.7 Å².